The minimum atomic E-state index is -2.20. The molecule has 0 radical (unpaired) electrons. The molecule has 0 aliphatic rings. The Morgan fingerprint density at radius 2 is 1.59 bits per heavy atom. The van der Waals surface area contributed by atoms with Crippen LogP contribution in [0, 0.1) is 12.3 Å². The Morgan fingerprint density at radius 3 is 2.03 bits per heavy atom. The first-order chi connectivity index (χ1) is 13.6. The molecule has 3 nitrogen and oxygen atoms in total. The summed E-state index contributed by atoms with van der Waals surface area (Å²) in [6, 6.07) is 9.40. The third kappa shape index (κ3) is 5.99. The lowest BCUT2D eigenvalue weighted by Gasteiger charge is -2.44. The Balaban J connectivity index is 3.42. The van der Waals surface area contributed by atoms with Crippen molar-refractivity contribution in [3.63, 3.8) is 0 Å². The van der Waals surface area contributed by atoms with Crippen molar-refractivity contribution < 1.29 is 9.22 Å². The molecule has 1 aromatic carbocycles. The van der Waals surface area contributed by atoms with Gasteiger partial charge in [-0.2, -0.15) is 0 Å². The molecule has 0 atom stereocenters. The zero-order valence-electron chi connectivity index (χ0n) is 19.6. The summed E-state index contributed by atoms with van der Waals surface area (Å²) in [6.45, 7) is 15.6. The van der Waals surface area contributed by atoms with E-state index < -0.39 is 8.32 Å². The fourth-order valence-corrected chi connectivity index (χ4v) is 9.75. The van der Waals surface area contributed by atoms with Gasteiger partial charge in [0.1, 0.15) is 0 Å². The topological polar surface area (TPSA) is 29.5 Å². The van der Waals surface area contributed by atoms with Crippen LogP contribution in [0.1, 0.15) is 78.1 Å². The molecule has 0 fully saturated rings. The van der Waals surface area contributed by atoms with Crippen molar-refractivity contribution in [1.82, 2.24) is 4.90 Å². The molecule has 160 valence electrons. The van der Waals surface area contributed by atoms with Crippen molar-refractivity contribution in [2.75, 3.05) is 7.05 Å². The quantitative estimate of drug-likeness (QED) is 0.179. The lowest BCUT2D eigenvalue weighted by Crippen LogP contribution is -2.49. The van der Waals surface area contributed by atoms with E-state index in [-0.39, 0.29) is 5.91 Å². The van der Waals surface area contributed by atoms with Crippen molar-refractivity contribution in [1.29, 1.82) is 0 Å². The number of benzene rings is 1. The highest BCUT2D eigenvalue weighted by Crippen LogP contribution is 2.44. The molecule has 0 aliphatic carbocycles. The second-order valence-electron chi connectivity index (χ2n) is 8.79. The summed E-state index contributed by atoms with van der Waals surface area (Å²) in [7, 11) is -0.374. The molecule has 0 N–H and O–H groups in total. The smallest absolute Gasteiger partial charge is 0.260 e. The van der Waals surface area contributed by atoms with Crippen LogP contribution in [0.4, 0.5) is 0 Å². The number of nitrogens with zero attached hydrogens (tertiary/aromatic N) is 1. The number of amides is 1. The van der Waals surface area contributed by atoms with E-state index in [4.69, 9.17) is 10.8 Å². The zero-order chi connectivity index (χ0) is 22.2. The van der Waals surface area contributed by atoms with Crippen molar-refractivity contribution in [2.45, 2.75) is 84.4 Å². The third-order valence-electron chi connectivity index (χ3n) is 5.85. The summed E-state index contributed by atoms with van der Waals surface area (Å²) in [6.07, 6.45) is 7.88. The van der Waals surface area contributed by atoms with Crippen LogP contribution in [0.5, 0.6) is 0 Å². The molecule has 0 saturated heterocycles. The van der Waals surface area contributed by atoms with Crippen LogP contribution in [-0.2, 0) is 4.43 Å². The van der Waals surface area contributed by atoms with E-state index in [2.05, 4.69) is 54.4 Å². The average Bonchev–Trinajstić information content (AvgIpc) is 2.67. The van der Waals surface area contributed by atoms with Crippen LogP contribution in [0.25, 0.3) is 0 Å². The van der Waals surface area contributed by atoms with E-state index in [0.29, 0.717) is 22.2 Å². The lowest BCUT2D eigenvalue weighted by atomic mass is 10.1. The van der Waals surface area contributed by atoms with Crippen molar-refractivity contribution in [3.8, 4) is 12.3 Å². The molecule has 4 heteroatoms. The van der Waals surface area contributed by atoms with E-state index in [0.717, 1.165) is 30.7 Å². The van der Waals surface area contributed by atoms with Gasteiger partial charge in [-0.1, -0.05) is 59.7 Å². The van der Waals surface area contributed by atoms with E-state index >= 15 is 0 Å². The van der Waals surface area contributed by atoms with E-state index in [1.54, 1.807) is 4.90 Å². The Hall–Kier alpha value is -1.99. The van der Waals surface area contributed by atoms with Crippen LogP contribution in [0.15, 0.2) is 41.8 Å². The maximum Gasteiger partial charge on any atom is 0.260 e. The first-order valence-electron chi connectivity index (χ1n) is 10.7. The molecule has 0 spiro atoms. The predicted molar refractivity (Wildman–Crippen MR) is 126 cm³/mol. The van der Waals surface area contributed by atoms with Crippen molar-refractivity contribution >= 4 is 14.2 Å². The molecule has 1 rings (SSSR count). The van der Waals surface area contributed by atoms with Gasteiger partial charge in [0.05, 0.1) is 0 Å². The van der Waals surface area contributed by atoms with E-state index in [1.807, 2.05) is 37.4 Å². The van der Waals surface area contributed by atoms with Gasteiger partial charge in [0.15, 0.2) is 5.88 Å². The Bertz CT molecular complexity index is 707. The maximum absolute atomic E-state index is 13.2. The molecule has 0 unspecified atom stereocenters. The molecule has 0 aromatic heterocycles. The Kier molecular flexibility index (Phi) is 9.72. The summed E-state index contributed by atoms with van der Waals surface area (Å²) < 4.78 is 6.99. The van der Waals surface area contributed by atoms with Gasteiger partial charge in [0, 0.05) is 19.0 Å². The SMILES string of the molecule is C#CCCC/C(C)=C(\O[Si](C(C)C)(C(C)C)C(C)C)N(C)C(=O)c1ccccc1. The normalized spacial score (nSPS) is 12.8. The van der Waals surface area contributed by atoms with E-state index in [9.17, 15) is 4.79 Å². The first kappa shape index (κ1) is 25.0. The molecule has 1 aromatic rings. The van der Waals surface area contributed by atoms with Crippen LogP contribution >= 0.6 is 0 Å². The number of rotatable bonds is 10. The van der Waals surface area contributed by atoms with Crippen molar-refractivity contribution in [2.24, 2.45) is 0 Å². The minimum absolute atomic E-state index is 0.0453. The fraction of sp³-hybridized carbons (Fsp3) is 0.560. The summed E-state index contributed by atoms with van der Waals surface area (Å²) in [5.41, 5.74) is 3.04. The number of carbonyl (C=O) groups is 1. The number of hydrogen-bond acceptors (Lipinski definition) is 2. The summed E-state index contributed by atoms with van der Waals surface area (Å²) in [4.78, 5) is 14.9. The number of unbranched alkanes of at least 4 members (excludes halogenated alkanes) is 1. The minimum Gasteiger partial charge on any atom is -0.531 e. The fourth-order valence-electron chi connectivity index (χ4n) is 4.39. The number of terminal acetylenes is 1. The molecule has 0 aliphatic heterocycles. The summed E-state index contributed by atoms with van der Waals surface area (Å²) in [5.74, 6) is 3.38. The van der Waals surface area contributed by atoms with Gasteiger partial charge in [0.2, 0.25) is 0 Å². The van der Waals surface area contributed by atoms with Gasteiger partial charge in [0.25, 0.3) is 14.2 Å². The predicted octanol–water partition coefficient (Wildman–Crippen LogP) is 6.99. The highest BCUT2D eigenvalue weighted by molar-refractivity contribution is 6.77. The molecule has 0 bridgehead atoms. The average molecular weight is 414 g/mol. The zero-order valence-corrected chi connectivity index (χ0v) is 20.6. The maximum atomic E-state index is 13.2. The molecule has 0 saturated carbocycles. The largest absolute Gasteiger partial charge is 0.531 e. The van der Waals surface area contributed by atoms with Crippen LogP contribution in [0.2, 0.25) is 16.6 Å². The Morgan fingerprint density at radius 1 is 1.07 bits per heavy atom. The molecule has 0 heterocycles. The summed E-state index contributed by atoms with van der Waals surface area (Å²) in [5, 5.41) is 0. The van der Waals surface area contributed by atoms with E-state index in [1.165, 1.54) is 0 Å². The lowest BCUT2D eigenvalue weighted by molar-refractivity contribution is 0.0768. The highest BCUT2D eigenvalue weighted by Gasteiger charge is 2.48. The molecular weight excluding hydrogens is 374 g/mol. The van der Waals surface area contributed by atoms with Crippen LogP contribution < -0.4 is 0 Å². The highest BCUT2D eigenvalue weighted by atomic mass is 28.4. The van der Waals surface area contributed by atoms with Gasteiger partial charge >= 0.3 is 0 Å². The third-order valence-corrected chi connectivity index (χ3v) is 11.8. The number of carbonyl (C=O) groups excluding carboxylic acids is 1. The molecule has 29 heavy (non-hydrogen) atoms. The second kappa shape index (κ2) is 11.3. The number of hydrogen-bond donors (Lipinski definition) is 0. The van der Waals surface area contributed by atoms with Crippen LogP contribution in [0.3, 0.4) is 0 Å². The monoisotopic (exact) mass is 413 g/mol. The molecule has 1 amide bonds. The van der Waals surface area contributed by atoms with Gasteiger partial charge in [-0.3, -0.25) is 9.69 Å². The van der Waals surface area contributed by atoms with Gasteiger partial charge in [-0.05, 0) is 54.1 Å². The standard InChI is InChI=1S/C25H39NO2Si/c1-10-11-13-16-22(8)25(26(9)24(27)23-17-14-12-15-18-23)28-29(19(2)3,20(4)5)21(6)7/h1,12,14-15,17-21H,11,13,16H2,2-9H3/b25-22-. The molecular formula is C25H39NO2Si. The van der Waals surface area contributed by atoms with Crippen molar-refractivity contribution in [3.05, 3.63) is 47.4 Å². The van der Waals surface area contributed by atoms with Crippen LogP contribution in [-0.4, -0.2) is 26.2 Å². The second-order valence-corrected chi connectivity index (χ2v) is 14.2. The Labute approximate surface area is 179 Å². The van der Waals surface area contributed by atoms with Gasteiger partial charge in [-0.25, -0.2) is 0 Å². The summed E-state index contributed by atoms with van der Waals surface area (Å²) >= 11 is 0. The van der Waals surface area contributed by atoms with Gasteiger partial charge < -0.3 is 4.43 Å². The van der Waals surface area contributed by atoms with Gasteiger partial charge in [-0.15, -0.1) is 12.3 Å². The number of allylic oxidation sites excluding steroid dienone is 1. The first-order valence-corrected chi connectivity index (χ1v) is 12.9.